The Labute approximate surface area is 328 Å². The van der Waals surface area contributed by atoms with Crippen molar-refractivity contribution in [1.29, 1.82) is 0 Å². The summed E-state index contributed by atoms with van der Waals surface area (Å²) >= 11 is 0. The molecule has 0 aliphatic rings. The second-order valence-electron chi connectivity index (χ2n) is 14.9. The Hall–Kier alpha value is -7.62. The molecule has 0 N–H and O–H groups in total. The molecule has 0 radical (unpaired) electrons. The SMILES string of the molecule is c1ccc(N(c2ccc3ccc4ccccc4c3c2)c2ccc3oc4cc(-c5ccc6c7ccccc7n(-c7ccccc7)c6c5)c5ccccc5c4c3c2)cc1. The summed E-state index contributed by atoms with van der Waals surface area (Å²) in [5.41, 5.74) is 10.9. The summed E-state index contributed by atoms with van der Waals surface area (Å²) in [6.45, 7) is 0. The first-order valence-corrected chi connectivity index (χ1v) is 19.5. The standard InChI is InChI=1S/C54H34N2O/c1-3-14-38(15-4-1)55(40-27-25-36-24-23-35-13-7-8-18-42(35)47(36)32-40)41-28-30-52-49(33-41)54-46-21-10-9-19-43(46)48(34-53(54)57-52)37-26-29-45-44-20-11-12-22-50(44)56(51(45)31-37)39-16-5-2-6-17-39/h1-34H. The van der Waals surface area contributed by atoms with Crippen molar-refractivity contribution in [3.8, 4) is 16.8 Å². The van der Waals surface area contributed by atoms with Crippen LogP contribution in [0.3, 0.4) is 0 Å². The van der Waals surface area contributed by atoms with Crippen molar-refractivity contribution < 1.29 is 4.42 Å². The summed E-state index contributed by atoms with van der Waals surface area (Å²) in [6, 6.07) is 74.4. The first kappa shape index (κ1) is 31.7. The van der Waals surface area contributed by atoms with Gasteiger partial charge in [0.05, 0.1) is 11.0 Å². The Morgan fingerprint density at radius 2 is 0.965 bits per heavy atom. The van der Waals surface area contributed by atoms with Gasteiger partial charge in [-0.05, 0) is 116 Å². The smallest absolute Gasteiger partial charge is 0.136 e. The Balaban J connectivity index is 1.06. The second kappa shape index (κ2) is 12.5. The van der Waals surface area contributed by atoms with Crippen LogP contribution in [0, 0.1) is 0 Å². The molecule has 3 heteroatoms. The number of nitrogens with zero attached hydrogens (tertiary/aromatic N) is 2. The molecule has 0 unspecified atom stereocenters. The lowest BCUT2D eigenvalue weighted by molar-refractivity contribution is 0.669. The lowest BCUT2D eigenvalue weighted by Gasteiger charge is -2.26. The van der Waals surface area contributed by atoms with Gasteiger partial charge in [0.25, 0.3) is 0 Å². The van der Waals surface area contributed by atoms with Crippen LogP contribution in [-0.2, 0) is 0 Å². The molecular formula is C54H34N2O. The number of para-hydroxylation sites is 3. The molecule has 2 heterocycles. The molecule has 57 heavy (non-hydrogen) atoms. The van der Waals surface area contributed by atoms with E-state index in [4.69, 9.17) is 4.42 Å². The van der Waals surface area contributed by atoms with Gasteiger partial charge in [-0.15, -0.1) is 0 Å². The van der Waals surface area contributed by atoms with Gasteiger partial charge in [0.15, 0.2) is 0 Å². The van der Waals surface area contributed by atoms with Gasteiger partial charge in [-0.3, -0.25) is 0 Å². The number of hydrogen-bond donors (Lipinski definition) is 0. The minimum absolute atomic E-state index is 0.869. The van der Waals surface area contributed by atoms with E-state index >= 15 is 0 Å². The van der Waals surface area contributed by atoms with Crippen molar-refractivity contribution in [3.05, 3.63) is 206 Å². The van der Waals surface area contributed by atoms with E-state index in [0.717, 1.165) is 55.8 Å². The minimum Gasteiger partial charge on any atom is -0.456 e. The maximum absolute atomic E-state index is 6.78. The van der Waals surface area contributed by atoms with Crippen molar-refractivity contribution in [2.75, 3.05) is 4.90 Å². The number of aromatic nitrogens is 1. The molecule has 12 aromatic rings. The fraction of sp³-hybridized carbons (Fsp3) is 0. The van der Waals surface area contributed by atoms with E-state index in [0.29, 0.717) is 0 Å². The fourth-order valence-electron chi connectivity index (χ4n) is 9.15. The van der Waals surface area contributed by atoms with Gasteiger partial charge in [-0.2, -0.15) is 0 Å². The zero-order valence-electron chi connectivity index (χ0n) is 30.9. The van der Waals surface area contributed by atoms with Gasteiger partial charge in [-0.25, -0.2) is 0 Å². The van der Waals surface area contributed by atoms with Crippen LogP contribution in [0.1, 0.15) is 0 Å². The van der Waals surface area contributed by atoms with Crippen molar-refractivity contribution >= 4 is 93.1 Å². The number of hydrogen-bond acceptors (Lipinski definition) is 2. The highest BCUT2D eigenvalue weighted by Crippen LogP contribution is 2.45. The predicted molar refractivity (Wildman–Crippen MR) is 241 cm³/mol. The van der Waals surface area contributed by atoms with Crippen LogP contribution in [0.2, 0.25) is 0 Å². The van der Waals surface area contributed by atoms with E-state index in [9.17, 15) is 0 Å². The molecular weight excluding hydrogens is 693 g/mol. The third-order valence-corrected chi connectivity index (χ3v) is 11.7. The third kappa shape index (κ3) is 4.92. The molecule has 0 amide bonds. The summed E-state index contributed by atoms with van der Waals surface area (Å²) in [4.78, 5) is 2.36. The van der Waals surface area contributed by atoms with E-state index in [2.05, 4.69) is 216 Å². The van der Waals surface area contributed by atoms with E-state index in [1.807, 2.05) is 0 Å². The monoisotopic (exact) mass is 726 g/mol. The van der Waals surface area contributed by atoms with Crippen LogP contribution in [-0.4, -0.2) is 4.57 Å². The quantitative estimate of drug-likeness (QED) is 0.165. The van der Waals surface area contributed by atoms with Gasteiger partial charge in [0.2, 0.25) is 0 Å². The topological polar surface area (TPSA) is 21.3 Å². The Bertz CT molecular complexity index is 3520. The summed E-state index contributed by atoms with van der Waals surface area (Å²) < 4.78 is 9.16. The summed E-state index contributed by atoms with van der Waals surface area (Å²) in [5.74, 6) is 0. The lowest BCUT2D eigenvalue weighted by Crippen LogP contribution is -2.09. The maximum atomic E-state index is 6.78. The number of anilines is 3. The zero-order valence-corrected chi connectivity index (χ0v) is 30.9. The third-order valence-electron chi connectivity index (χ3n) is 11.7. The molecule has 266 valence electrons. The minimum atomic E-state index is 0.869. The zero-order chi connectivity index (χ0) is 37.5. The number of rotatable bonds is 5. The molecule has 12 rings (SSSR count). The normalized spacial score (nSPS) is 11.9. The Kier molecular flexibility index (Phi) is 6.93. The van der Waals surface area contributed by atoms with Crippen molar-refractivity contribution in [3.63, 3.8) is 0 Å². The average molecular weight is 727 g/mol. The van der Waals surface area contributed by atoms with Crippen LogP contribution < -0.4 is 4.90 Å². The number of furan rings is 1. The van der Waals surface area contributed by atoms with Gasteiger partial charge in [0, 0.05) is 44.3 Å². The van der Waals surface area contributed by atoms with E-state index < -0.39 is 0 Å². The molecule has 0 aliphatic carbocycles. The van der Waals surface area contributed by atoms with Crippen molar-refractivity contribution in [1.82, 2.24) is 4.57 Å². The van der Waals surface area contributed by atoms with Crippen molar-refractivity contribution in [2.24, 2.45) is 0 Å². The molecule has 0 aliphatic heterocycles. The molecule has 10 aromatic carbocycles. The molecule has 0 bridgehead atoms. The summed E-state index contributed by atoms with van der Waals surface area (Å²) in [7, 11) is 0. The van der Waals surface area contributed by atoms with E-state index in [1.165, 1.54) is 54.1 Å². The molecule has 0 spiro atoms. The number of fused-ring (bicyclic) bond motifs is 11. The Morgan fingerprint density at radius 3 is 1.79 bits per heavy atom. The average Bonchev–Trinajstić information content (AvgIpc) is 3.82. The molecule has 3 nitrogen and oxygen atoms in total. The van der Waals surface area contributed by atoms with Gasteiger partial charge in [0.1, 0.15) is 11.2 Å². The molecule has 2 aromatic heterocycles. The molecule has 0 saturated heterocycles. The molecule has 0 fully saturated rings. The van der Waals surface area contributed by atoms with Gasteiger partial charge in [-0.1, -0.05) is 133 Å². The van der Waals surface area contributed by atoms with Crippen molar-refractivity contribution in [2.45, 2.75) is 0 Å². The fourth-order valence-corrected chi connectivity index (χ4v) is 9.15. The summed E-state index contributed by atoms with van der Waals surface area (Å²) in [6.07, 6.45) is 0. The van der Waals surface area contributed by atoms with Crippen LogP contribution in [0.15, 0.2) is 211 Å². The van der Waals surface area contributed by atoms with Gasteiger partial charge >= 0.3 is 0 Å². The number of benzene rings is 10. The van der Waals surface area contributed by atoms with Gasteiger partial charge < -0.3 is 13.9 Å². The highest BCUT2D eigenvalue weighted by Gasteiger charge is 2.20. The van der Waals surface area contributed by atoms with Crippen LogP contribution in [0.4, 0.5) is 17.1 Å². The first-order chi connectivity index (χ1) is 28.3. The molecule has 0 saturated carbocycles. The lowest BCUT2D eigenvalue weighted by atomic mass is 9.94. The highest BCUT2D eigenvalue weighted by atomic mass is 16.3. The Morgan fingerprint density at radius 1 is 0.351 bits per heavy atom. The van der Waals surface area contributed by atoms with Crippen LogP contribution in [0.5, 0.6) is 0 Å². The van der Waals surface area contributed by atoms with E-state index in [1.54, 1.807) is 0 Å². The molecule has 0 atom stereocenters. The first-order valence-electron chi connectivity index (χ1n) is 19.5. The highest BCUT2D eigenvalue weighted by molar-refractivity contribution is 6.23. The van der Waals surface area contributed by atoms with E-state index in [-0.39, 0.29) is 0 Å². The van der Waals surface area contributed by atoms with Crippen LogP contribution >= 0.6 is 0 Å². The maximum Gasteiger partial charge on any atom is 0.136 e. The second-order valence-corrected chi connectivity index (χ2v) is 14.9. The summed E-state index contributed by atoms with van der Waals surface area (Å²) in [5, 5.41) is 12.0. The predicted octanol–water partition coefficient (Wildman–Crippen LogP) is 15.3. The van der Waals surface area contributed by atoms with Crippen LogP contribution in [0.25, 0.3) is 92.9 Å². The largest absolute Gasteiger partial charge is 0.456 e.